The Balaban J connectivity index is 1.86. The Hall–Kier alpha value is -4.01. The van der Waals surface area contributed by atoms with Gasteiger partial charge < -0.3 is 9.73 Å². The second-order valence-corrected chi connectivity index (χ2v) is 7.46. The van der Waals surface area contributed by atoms with Gasteiger partial charge in [-0.3, -0.25) is 25.0 Å². The van der Waals surface area contributed by atoms with Gasteiger partial charge in [-0.15, -0.1) is 0 Å². The van der Waals surface area contributed by atoms with Crippen molar-refractivity contribution in [3.05, 3.63) is 89.6 Å². The highest BCUT2D eigenvalue weighted by Crippen LogP contribution is 2.34. The molecule has 32 heavy (non-hydrogen) atoms. The van der Waals surface area contributed by atoms with E-state index >= 15 is 0 Å². The third-order valence-corrected chi connectivity index (χ3v) is 5.00. The van der Waals surface area contributed by atoms with Crippen molar-refractivity contribution in [2.75, 3.05) is 5.32 Å². The Kier molecular flexibility index (Phi) is 6.67. The summed E-state index contributed by atoms with van der Waals surface area (Å²) < 4.78 is 5.82. The number of benzene rings is 2. The van der Waals surface area contributed by atoms with Gasteiger partial charge in [0.05, 0.1) is 21.1 Å². The molecular weight excluding hydrogens is 508 g/mol. The van der Waals surface area contributed by atoms with Gasteiger partial charge in [-0.2, -0.15) is 5.26 Å². The number of rotatable bonds is 6. The van der Waals surface area contributed by atoms with Crippen LogP contribution < -0.4 is 5.32 Å². The number of nitro benzene ring substituents is 2. The van der Waals surface area contributed by atoms with E-state index in [1.807, 2.05) is 0 Å². The maximum absolute atomic E-state index is 12.5. The first-order chi connectivity index (χ1) is 15.2. The summed E-state index contributed by atoms with van der Waals surface area (Å²) in [4.78, 5) is 33.4. The molecule has 0 aliphatic rings. The van der Waals surface area contributed by atoms with Crippen molar-refractivity contribution < 1.29 is 19.1 Å². The quantitative estimate of drug-likeness (QED) is 0.190. The molecule has 0 spiro atoms. The zero-order chi connectivity index (χ0) is 23.4. The average Bonchev–Trinajstić information content (AvgIpc) is 3.21. The monoisotopic (exact) mass is 516 g/mol. The third-order valence-electron chi connectivity index (χ3n) is 4.11. The second-order valence-electron chi connectivity index (χ2n) is 6.17. The molecule has 0 unspecified atom stereocenters. The van der Waals surface area contributed by atoms with Crippen molar-refractivity contribution in [3.63, 3.8) is 0 Å². The lowest BCUT2D eigenvalue weighted by Gasteiger charge is -2.06. The van der Waals surface area contributed by atoms with E-state index in [9.17, 15) is 30.3 Å². The molecular formula is C20H10BrClN4O6. The number of carbonyl (C=O) groups excluding carboxylic acids is 1. The maximum atomic E-state index is 12.5. The Morgan fingerprint density at radius 3 is 2.50 bits per heavy atom. The largest absolute Gasteiger partial charge is 0.456 e. The van der Waals surface area contributed by atoms with Crippen LogP contribution in [-0.4, -0.2) is 15.8 Å². The average molecular weight is 518 g/mol. The summed E-state index contributed by atoms with van der Waals surface area (Å²) in [6, 6.07) is 12.5. The van der Waals surface area contributed by atoms with E-state index in [0.717, 1.165) is 0 Å². The number of halogens is 2. The van der Waals surface area contributed by atoms with Crippen LogP contribution in [0.5, 0.6) is 0 Å². The first-order valence-corrected chi connectivity index (χ1v) is 9.78. The van der Waals surface area contributed by atoms with Gasteiger partial charge in [-0.25, -0.2) is 0 Å². The highest BCUT2D eigenvalue weighted by atomic mass is 79.9. The zero-order valence-electron chi connectivity index (χ0n) is 15.7. The van der Waals surface area contributed by atoms with Gasteiger partial charge >= 0.3 is 0 Å². The smallest absolute Gasteiger partial charge is 0.281 e. The number of carbonyl (C=O) groups is 1. The van der Waals surface area contributed by atoms with Crippen LogP contribution in [0.25, 0.3) is 17.4 Å². The molecule has 0 aliphatic heterocycles. The van der Waals surface area contributed by atoms with Crippen LogP contribution in [0.2, 0.25) is 5.02 Å². The topological polar surface area (TPSA) is 152 Å². The molecule has 1 N–H and O–H groups in total. The summed E-state index contributed by atoms with van der Waals surface area (Å²) >= 11 is 8.95. The lowest BCUT2D eigenvalue weighted by Crippen LogP contribution is -2.13. The van der Waals surface area contributed by atoms with E-state index in [1.165, 1.54) is 54.6 Å². The molecule has 0 saturated carbocycles. The van der Waals surface area contributed by atoms with Crippen molar-refractivity contribution in [3.8, 4) is 17.4 Å². The Morgan fingerprint density at radius 1 is 1.12 bits per heavy atom. The van der Waals surface area contributed by atoms with Crippen LogP contribution in [0.4, 0.5) is 17.1 Å². The molecule has 12 heteroatoms. The third kappa shape index (κ3) is 5.00. The molecule has 0 fully saturated rings. The summed E-state index contributed by atoms with van der Waals surface area (Å²) in [5, 5.41) is 34.1. The molecule has 160 valence electrons. The predicted molar refractivity (Wildman–Crippen MR) is 119 cm³/mol. The van der Waals surface area contributed by atoms with Gasteiger partial charge in [0.15, 0.2) is 0 Å². The number of nitrogens with zero attached hydrogens (tertiary/aromatic N) is 3. The van der Waals surface area contributed by atoms with Crippen LogP contribution in [0.1, 0.15) is 5.76 Å². The number of hydrogen-bond donors (Lipinski definition) is 1. The van der Waals surface area contributed by atoms with Crippen LogP contribution in [0, 0.1) is 31.6 Å². The first-order valence-electron chi connectivity index (χ1n) is 8.61. The summed E-state index contributed by atoms with van der Waals surface area (Å²) in [5.74, 6) is -0.522. The lowest BCUT2D eigenvalue weighted by atomic mass is 10.1. The molecule has 1 aromatic heterocycles. The van der Waals surface area contributed by atoms with Crippen molar-refractivity contribution in [2.45, 2.75) is 0 Å². The van der Waals surface area contributed by atoms with Crippen LogP contribution in [0.3, 0.4) is 0 Å². The predicted octanol–water partition coefficient (Wildman–Crippen LogP) is 5.72. The van der Waals surface area contributed by atoms with E-state index in [0.29, 0.717) is 0 Å². The summed E-state index contributed by atoms with van der Waals surface area (Å²) in [5.41, 5.74) is -0.355. The van der Waals surface area contributed by atoms with Gasteiger partial charge in [-0.1, -0.05) is 11.6 Å². The van der Waals surface area contributed by atoms with Gasteiger partial charge in [0, 0.05) is 33.8 Å². The number of hydrogen-bond acceptors (Lipinski definition) is 7. The van der Waals surface area contributed by atoms with E-state index in [4.69, 9.17) is 16.0 Å². The number of non-ortho nitro benzene ring substituents is 1. The highest BCUT2D eigenvalue weighted by molar-refractivity contribution is 9.10. The van der Waals surface area contributed by atoms with Gasteiger partial charge in [0.25, 0.3) is 17.3 Å². The van der Waals surface area contributed by atoms with Gasteiger partial charge in [-0.05, 0) is 46.3 Å². The fourth-order valence-electron chi connectivity index (χ4n) is 2.64. The number of amides is 1. The van der Waals surface area contributed by atoms with Crippen molar-refractivity contribution in [1.29, 1.82) is 5.26 Å². The zero-order valence-corrected chi connectivity index (χ0v) is 18.1. The normalized spacial score (nSPS) is 11.0. The molecule has 10 nitrogen and oxygen atoms in total. The molecule has 0 aliphatic carbocycles. The maximum Gasteiger partial charge on any atom is 0.281 e. The van der Waals surface area contributed by atoms with Gasteiger partial charge in [0.1, 0.15) is 23.2 Å². The minimum absolute atomic E-state index is 0.110. The summed E-state index contributed by atoms with van der Waals surface area (Å²) in [6.45, 7) is 0. The molecule has 0 radical (unpaired) electrons. The van der Waals surface area contributed by atoms with Crippen LogP contribution in [0.15, 0.2) is 63.0 Å². The standard InChI is InChI=1S/C20H10BrClN4O6/c21-16-9-13(25(28)29)2-5-17(16)24-20(27)11(10-23)7-14-3-6-19(32-14)15-4-1-12(22)8-18(15)26(30)31/h1-9H,(H,24,27). The fraction of sp³-hybridized carbons (Fsp3) is 0. The van der Waals surface area contributed by atoms with Gasteiger partial charge in [0.2, 0.25) is 0 Å². The van der Waals surface area contributed by atoms with E-state index in [2.05, 4.69) is 21.2 Å². The second kappa shape index (κ2) is 9.42. The Morgan fingerprint density at radius 2 is 1.88 bits per heavy atom. The van der Waals surface area contributed by atoms with E-state index in [-0.39, 0.29) is 49.2 Å². The molecule has 3 rings (SSSR count). The molecule has 1 amide bonds. The van der Waals surface area contributed by atoms with E-state index < -0.39 is 15.8 Å². The lowest BCUT2D eigenvalue weighted by molar-refractivity contribution is -0.384. The van der Waals surface area contributed by atoms with Crippen LogP contribution in [-0.2, 0) is 4.79 Å². The molecule has 3 aromatic rings. The first kappa shape index (κ1) is 22.7. The molecule has 0 atom stereocenters. The SMILES string of the molecule is N#CC(=Cc1ccc(-c2ccc(Cl)cc2[N+](=O)[O-])o1)C(=O)Nc1ccc([N+](=O)[O-])cc1Br. The van der Waals surface area contributed by atoms with Crippen molar-refractivity contribution >= 4 is 56.6 Å². The van der Waals surface area contributed by atoms with Crippen molar-refractivity contribution in [1.82, 2.24) is 0 Å². The number of nitro groups is 2. The number of nitriles is 1. The highest BCUT2D eigenvalue weighted by Gasteiger charge is 2.19. The van der Waals surface area contributed by atoms with E-state index in [1.54, 1.807) is 6.07 Å². The minimum Gasteiger partial charge on any atom is -0.456 e. The number of nitrogens with one attached hydrogen (secondary N) is 1. The Bertz CT molecular complexity index is 1330. The summed E-state index contributed by atoms with van der Waals surface area (Å²) in [6.07, 6.45) is 1.17. The molecule has 2 aromatic carbocycles. The minimum atomic E-state index is -0.780. The van der Waals surface area contributed by atoms with Crippen molar-refractivity contribution in [2.24, 2.45) is 0 Å². The number of furan rings is 1. The summed E-state index contributed by atoms with van der Waals surface area (Å²) in [7, 11) is 0. The number of anilines is 1. The van der Waals surface area contributed by atoms with Crippen LogP contribution >= 0.6 is 27.5 Å². The Labute approximate surface area is 193 Å². The molecule has 1 heterocycles. The fourth-order valence-corrected chi connectivity index (χ4v) is 3.27. The molecule has 0 bridgehead atoms. The molecule has 0 saturated heterocycles.